The lowest BCUT2D eigenvalue weighted by molar-refractivity contribution is -0.128. The molecule has 0 aromatic carbocycles. The van der Waals surface area contributed by atoms with Crippen LogP contribution < -0.4 is 11.1 Å². The molecule has 0 bridgehead atoms. The van der Waals surface area contributed by atoms with E-state index in [-0.39, 0.29) is 17.9 Å². The van der Waals surface area contributed by atoms with Gasteiger partial charge in [-0.3, -0.25) is 4.79 Å². The molecule has 18 heavy (non-hydrogen) atoms. The van der Waals surface area contributed by atoms with Gasteiger partial charge in [-0.15, -0.1) is 0 Å². The van der Waals surface area contributed by atoms with Crippen LogP contribution in [-0.4, -0.2) is 18.5 Å². The van der Waals surface area contributed by atoms with Crippen molar-refractivity contribution in [3.05, 3.63) is 0 Å². The van der Waals surface area contributed by atoms with Crippen LogP contribution in [-0.2, 0) is 4.79 Å². The SMILES string of the molecule is CCC(CC)CNC(=O)C1CC(N)C(C)CC1C. The van der Waals surface area contributed by atoms with E-state index >= 15 is 0 Å². The van der Waals surface area contributed by atoms with Crippen molar-refractivity contribution < 1.29 is 4.79 Å². The van der Waals surface area contributed by atoms with Crippen LogP contribution in [0.5, 0.6) is 0 Å². The fourth-order valence-corrected chi connectivity index (χ4v) is 3.00. The van der Waals surface area contributed by atoms with E-state index in [1.165, 1.54) is 0 Å². The highest BCUT2D eigenvalue weighted by molar-refractivity contribution is 5.79. The average molecular weight is 254 g/mol. The fourth-order valence-electron chi connectivity index (χ4n) is 3.00. The highest BCUT2D eigenvalue weighted by Gasteiger charge is 2.34. The maximum Gasteiger partial charge on any atom is 0.223 e. The van der Waals surface area contributed by atoms with Crippen LogP contribution in [0.15, 0.2) is 0 Å². The summed E-state index contributed by atoms with van der Waals surface area (Å²) in [5.74, 6) is 1.95. The predicted octanol–water partition coefficient (Wildman–Crippen LogP) is 2.55. The zero-order valence-electron chi connectivity index (χ0n) is 12.4. The molecule has 1 amide bonds. The Balaban J connectivity index is 2.45. The standard InChI is InChI=1S/C15H30N2O/c1-5-12(6-2)9-17-15(18)13-8-14(16)11(4)7-10(13)3/h10-14H,5-9,16H2,1-4H3,(H,17,18). The summed E-state index contributed by atoms with van der Waals surface area (Å²) in [5.41, 5.74) is 6.10. The summed E-state index contributed by atoms with van der Waals surface area (Å²) in [5, 5.41) is 3.13. The van der Waals surface area contributed by atoms with Crippen LogP contribution >= 0.6 is 0 Å². The molecule has 3 N–H and O–H groups in total. The first-order chi connectivity index (χ1) is 8.49. The third kappa shape index (κ3) is 3.98. The Kier molecular flexibility index (Phi) is 6.13. The Morgan fingerprint density at radius 3 is 2.39 bits per heavy atom. The number of carbonyl (C=O) groups excluding carboxylic acids is 1. The van der Waals surface area contributed by atoms with Crippen LogP contribution in [0.2, 0.25) is 0 Å². The van der Waals surface area contributed by atoms with E-state index in [1.807, 2.05) is 0 Å². The van der Waals surface area contributed by atoms with Gasteiger partial charge in [-0.25, -0.2) is 0 Å². The van der Waals surface area contributed by atoms with Crippen molar-refractivity contribution in [1.82, 2.24) is 5.32 Å². The molecule has 0 aliphatic heterocycles. The van der Waals surface area contributed by atoms with E-state index < -0.39 is 0 Å². The minimum atomic E-state index is 0.116. The van der Waals surface area contributed by atoms with Crippen LogP contribution in [0, 0.1) is 23.7 Å². The number of hydrogen-bond donors (Lipinski definition) is 2. The first-order valence-corrected chi connectivity index (χ1v) is 7.52. The minimum absolute atomic E-state index is 0.116. The van der Waals surface area contributed by atoms with E-state index in [1.54, 1.807) is 0 Å². The van der Waals surface area contributed by atoms with Crippen molar-refractivity contribution >= 4 is 5.91 Å². The normalized spacial score (nSPS) is 32.6. The summed E-state index contributed by atoms with van der Waals surface area (Å²) in [6, 6.07) is 0.185. The average Bonchev–Trinajstić information content (AvgIpc) is 2.34. The van der Waals surface area contributed by atoms with Crippen molar-refractivity contribution in [1.29, 1.82) is 0 Å². The molecule has 3 heteroatoms. The molecule has 106 valence electrons. The van der Waals surface area contributed by atoms with Gasteiger partial charge in [0.2, 0.25) is 5.91 Å². The zero-order valence-corrected chi connectivity index (χ0v) is 12.4. The van der Waals surface area contributed by atoms with Crippen molar-refractivity contribution in [2.75, 3.05) is 6.54 Å². The van der Waals surface area contributed by atoms with Gasteiger partial charge in [0.1, 0.15) is 0 Å². The minimum Gasteiger partial charge on any atom is -0.356 e. The smallest absolute Gasteiger partial charge is 0.223 e. The molecule has 0 aromatic rings. The molecule has 0 radical (unpaired) electrons. The van der Waals surface area contributed by atoms with Crippen molar-refractivity contribution in [2.24, 2.45) is 29.4 Å². The molecule has 4 atom stereocenters. The topological polar surface area (TPSA) is 55.1 Å². The molecule has 1 rings (SSSR count). The summed E-state index contributed by atoms with van der Waals surface area (Å²) in [6.07, 6.45) is 4.18. The van der Waals surface area contributed by atoms with Crippen molar-refractivity contribution in [3.63, 3.8) is 0 Å². The number of hydrogen-bond acceptors (Lipinski definition) is 2. The van der Waals surface area contributed by atoms with Gasteiger partial charge in [-0.1, -0.05) is 40.5 Å². The van der Waals surface area contributed by atoms with Crippen molar-refractivity contribution in [2.45, 2.75) is 59.4 Å². The number of nitrogens with two attached hydrogens (primary N) is 1. The quantitative estimate of drug-likeness (QED) is 0.792. The third-order valence-corrected chi connectivity index (χ3v) is 4.74. The molecule has 3 nitrogen and oxygen atoms in total. The molecule has 0 saturated heterocycles. The van der Waals surface area contributed by atoms with E-state index in [2.05, 4.69) is 33.0 Å². The molecule has 4 unspecified atom stereocenters. The number of nitrogens with one attached hydrogen (secondary N) is 1. The van der Waals surface area contributed by atoms with Crippen LogP contribution in [0.4, 0.5) is 0 Å². The lowest BCUT2D eigenvalue weighted by Gasteiger charge is -2.36. The van der Waals surface area contributed by atoms with E-state index in [9.17, 15) is 4.79 Å². The molecule has 1 aliphatic rings. The largest absolute Gasteiger partial charge is 0.356 e. The molecule has 0 heterocycles. The summed E-state index contributed by atoms with van der Waals surface area (Å²) >= 11 is 0. The second-order valence-electron chi connectivity index (χ2n) is 6.12. The lowest BCUT2D eigenvalue weighted by atomic mass is 9.72. The third-order valence-electron chi connectivity index (χ3n) is 4.74. The molecular formula is C15H30N2O. The van der Waals surface area contributed by atoms with Crippen molar-refractivity contribution in [3.8, 4) is 0 Å². The Morgan fingerprint density at radius 1 is 1.22 bits per heavy atom. The van der Waals surface area contributed by atoms with Gasteiger partial charge in [-0.2, -0.15) is 0 Å². The summed E-state index contributed by atoms with van der Waals surface area (Å²) in [6.45, 7) is 9.56. The van der Waals surface area contributed by atoms with Gasteiger partial charge in [0, 0.05) is 18.5 Å². The van der Waals surface area contributed by atoms with Gasteiger partial charge in [0.15, 0.2) is 0 Å². The van der Waals surface area contributed by atoms with Crippen LogP contribution in [0.25, 0.3) is 0 Å². The van der Waals surface area contributed by atoms with Gasteiger partial charge >= 0.3 is 0 Å². The maximum atomic E-state index is 12.2. The monoisotopic (exact) mass is 254 g/mol. The molecule has 1 saturated carbocycles. The van der Waals surface area contributed by atoms with Crippen LogP contribution in [0.1, 0.15) is 53.4 Å². The van der Waals surface area contributed by atoms with Gasteiger partial charge < -0.3 is 11.1 Å². The number of amides is 1. The Labute approximate surface area is 112 Å². The van der Waals surface area contributed by atoms with Gasteiger partial charge in [-0.05, 0) is 30.6 Å². The van der Waals surface area contributed by atoms with Crippen LogP contribution in [0.3, 0.4) is 0 Å². The second kappa shape index (κ2) is 7.13. The first-order valence-electron chi connectivity index (χ1n) is 7.52. The Bertz CT molecular complexity index is 263. The fraction of sp³-hybridized carbons (Fsp3) is 0.933. The Morgan fingerprint density at radius 2 is 1.83 bits per heavy atom. The number of rotatable bonds is 5. The summed E-state index contributed by atoms with van der Waals surface area (Å²) in [7, 11) is 0. The Hall–Kier alpha value is -0.570. The molecular weight excluding hydrogens is 224 g/mol. The first kappa shape index (κ1) is 15.5. The molecule has 0 spiro atoms. The number of carbonyl (C=O) groups is 1. The maximum absolute atomic E-state index is 12.2. The van der Waals surface area contributed by atoms with Gasteiger partial charge in [0.05, 0.1) is 0 Å². The lowest BCUT2D eigenvalue weighted by Crippen LogP contribution is -2.45. The zero-order chi connectivity index (χ0) is 13.7. The summed E-state index contributed by atoms with van der Waals surface area (Å²) in [4.78, 5) is 12.2. The summed E-state index contributed by atoms with van der Waals surface area (Å²) < 4.78 is 0. The molecule has 1 fully saturated rings. The van der Waals surface area contributed by atoms with E-state index in [0.29, 0.717) is 17.8 Å². The van der Waals surface area contributed by atoms with E-state index in [4.69, 9.17) is 5.73 Å². The predicted molar refractivity (Wildman–Crippen MR) is 76.1 cm³/mol. The van der Waals surface area contributed by atoms with Gasteiger partial charge in [0.25, 0.3) is 0 Å². The molecule has 1 aliphatic carbocycles. The molecule has 0 aromatic heterocycles. The highest BCUT2D eigenvalue weighted by atomic mass is 16.1. The van der Waals surface area contributed by atoms with E-state index in [0.717, 1.165) is 32.2 Å². The second-order valence-corrected chi connectivity index (χ2v) is 6.12. The highest BCUT2D eigenvalue weighted by Crippen LogP contribution is 2.32.